The molecule has 2 atom stereocenters. The second kappa shape index (κ2) is 8.19. The fraction of sp³-hybridized carbons (Fsp3) is 0.143. The Morgan fingerprint density at radius 2 is 1.83 bits per heavy atom. The highest BCUT2D eigenvalue weighted by molar-refractivity contribution is 6.35. The fourth-order valence-electron chi connectivity index (χ4n) is 3.28. The molecule has 0 spiro atoms. The van der Waals surface area contributed by atoms with E-state index in [9.17, 15) is 9.90 Å². The van der Waals surface area contributed by atoms with E-state index in [1.54, 1.807) is 37.3 Å². The van der Waals surface area contributed by atoms with Gasteiger partial charge in [0.25, 0.3) is 5.56 Å². The van der Waals surface area contributed by atoms with E-state index in [2.05, 4.69) is 20.3 Å². The van der Waals surface area contributed by atoms with Crippen molar-refractivity contribution in [2.75, 3.05) is 5.73 Å². The zero-order valence-corrected chi connectivity index (χ0v) is 16.8. The molecule has 4 N–H and O–H groups in total. The molecule has 2 aromatic heterocycles. The lowest BCUT2D eigenvalue weighted by Crippen LogP contribution is -2.32. The number of fused-ring (bicyclic) bond motifs is 1. The van der Waals surface area contributed by atoms with Crippen LogP contribution in [0.15, 0.2) is 65.7 Å². The van der Waals surface area contributed by atoms with Gasteiger partial charge in [0, 0.05) is 12.4 Å². The first-order chi connectivity index (χ1) is 14.5. The Bertz CT molecular complexity index is 1260. The van der Waals surface area contributed by atoms with Crippen LogP contribution in [0.4, 0.5) is 5.82 Å². The van der Waals surface area contributed by atoms with Crippen molar-refractivity contribution < 1.29 is 5.11 Å². The van der Waals surface area contributed by atoms with Crippen molar-refractivity contribution in [2.45, 2.75) is 19.2 Å². The minimum atomic E-state index is -1.20. The van der Waals surface area contributed by atoms with Crippen LogP contribution in [0.5, 0.6) is 0 Å². The van der Waals surface area contributed by atoms with Crippen molar-refractivity contribution >= 4 is 28.3 Å². The van der Waals surface area contributed by atoms with Gasteiger partial charge < -0.3 is 10.8 Å². The molecule has 30 heavy (non-hydrogen) atoms. The van der Waals surface area contributed by atoms with Crippen molar-refractivity contribution in [3.8, 4) is 5.69 Å². The number of nitrogens with zero attached hydrogens (tertiary/aromatic N) is 4. The Balaban J connectivity index is 1.85. The quantitative estimate of drug-likeness (QED) is 0.423. The van der Waals surface area contributed by atoms with Crippen LogP contribution >= 0.6 is 11.6 Å². The van der Waals surface area contributed by atoms with Gasteiger partial charge in [-0.15, -0.1) is 0 Å². The fourth-order valence-corrected chi connectivity index (χ4v) is 3.53. The number of nitrogens with one attached hydrogen (secondary N) is 1. The number of benzene rings is 2. The summed E-state index contributed by atoms with van der Waals surface area (Å²) in [6.45, 7) is 1.79. The molecule has 0 aliphatic carbocycles. The first kappa shape index (κ1) is 20.0. The number of para-hydroxylation sites is 1. The Morgan fingerprint density at radius 1 is 1.10 bits per heavy atom. The average Bonchev–Trinajstić information content (AvgIpc) is 2.74. The molecule has 0 saturated heterocycles. The Hall–Kier alpha value is -3.33. The summed E-state index contributed by atoms with van der Waals surface area (Å²) in [4.78, 5) is 26.1. The van der Waals surface area contributed by atoms with Gasteiger partial charge in [0.05, 0.1) is 27.7 Å². The van der Waals surface area contributed by atoms with Crippen LogP contribution in [0.25, 0.3) is 16.6 Å². The van der Waals surface area contributed by atoms with Gasteiger partial charge in [0.1, 0.15) is 17.3 Å². The molecule has 4 rings (SSSR count). The zero-order valence-electron chi connectivity index (χ0n) is 16.0. The number of hydrogen-bond acceptors (Lipinski definition) is 7. The molecular formula is C21H19ClN6O2. The smallest absolute Gasteiger partial charge is 0.267 e. The number of nitrogens with two attached hydrogens (primary N) is 1. The molecule has 0 radical (unpaired) electrons. The van der Waals surface area contributed by atoms with Crippen molar-refractivity contribution in [3.05, 3.63) is 87.8 Å². The summed E-state index contributed by atoms with van der Waals surface area (Å²) in [6.07, 6.45) is 1.68. The Morgan fingerprint density at radius 3 is 2.57 bits per heavy atom. The normalized spacial score (nSPS) is 13.3. The first-order valence-electron chi connectivity index (χ1n) is 9.24. The molecule has 0 amide bonds. The number of nitrogen functional groups attached to an aromatic ring is 1. The summed E-state index contributed by atoms with van der Waals surface area (Å²) in [5, 5.41) is 14.2. The highest BCUT2D eigenvalue weighted by Crippen LogP contribution is 2.24. The molecule has 0 saturated carbocycles. The van der Waals surface area contributed by atoms with Crippen LogP contribution in [0.1, 0.15) is 30.7 Å². The standard InChI is InChI=1S/C21H19ClN6O2/c1-12(26-20(29)17-18(23)25-11-10-24-17)19-27-15-9-5-8-14(22)16(15)21(30)28(19)13-6-3-2-4-7-13/h2-12,20,26,29H,1H3,(H2,23,25). The highest BCUT2D eigenvalue weighted by Gasteiger charge is 2.23. The molecule has 0 fully saturated rings. The number of anilines is 1. The van der Waals surface area contributed by atoms with Crippen molar-refractivity contribution in [1.29, 1.82) is 0 Å². The molecule has 8 nitrogen and oxygen atoms in total. The zero-order chi connectivity index (χ0) is 21.3. The number of hydrogen-bond donors (Lipinski definition) is 3. The highest BCUT2D eigenvalue weighted by atomic mass is 35.5. The third kappa shape index (κ3) is 3.63. The third-order valence-electron chi connectivity index (χ3n) is 4.70. The number of rotatable bonds is 5. The molecule has 4 aromatic rings. The molecule has 2 unspecified atom stereocenters. The number of aromatic nitrogens is 4. The lowest BCUT2D eigenvalue weighted by Gasteiger charge is -2.22. The molecular weight excluding hydrogens is 404 g/mol. The second-order valence-corrected chi connectivity index (χ2v) is 7.10. The van der Waals surface area contributed by atoms with Crippen molar-refractivity contribution in [2.24, 2.45) is 0 Å². The molecule has 2 heterocycles. The third-order valence-corrected chi connectivity index (χ3v) is 5.01. The average molecular weight is 423 g/mol. The van der Waals surface area contributed by atoms with Crippen LogP contribution in [-0.4, -0.2) is 24.6 Å². The molecule has 2 aromatic carbocycles. The van der Waals surface area contributed by atoms with Crippen LogP contribution in [0.3, 0.4) is 0 Å². The van der Waals surface area contributed by atoms with Gasteiger partial charge in [0.2, 0.25) is 0 Å². The summed E-state index contributed by atoms with van der Waals surface area (Å²) in [5.74, 6) is 0.519. The van der Waals surface area contributed by atoms with E-state index >= 15 is 0 Å². The van der Waals surface area contributed by atoms with E-state index in [0.29, 0.717) is 27.4 Å². The lowest BCUT2D eigenvalue weighted by atomic mass is 10.2. The largest absolute Gasteiger partial charge is 0.382 e. The van der Waals surface area contributed by atoms with Gasteiger partial charge in [0.15, 0.2) is 6.23 Å². The summed E-state index contributed by atoms with van der Waals surface area (Å²) in [6, 6.07) is 13.7. The van der Waals surface area contributed by atoms with Crippen LogP contribution in [0.2, 0.25) is 5.02 Å². The molecule has 0 aliphatic rings. The van der Waals surface area contributed by atoms with E-state index in [1.165, 1.54) is 17.0 Å². The Kier molecular flexibility index (Phi) is 5.45. The molecule has 152 valence electrons. The minimum Gasteiger partial charge on any atom is -0.382 e. The van der Waals surface area contributed by atoms with Gasteiger partial charge in [-0.05, 0) is 31.2 Å². The molecule has 0 aliphatic heterocycles. The predicted molar refractivity (Wildman–Crippen MR) is 115 cm³/mol. The summed E-state index contributed by atoms with van der Waals surface area (Å²) in [7, 11) is 0. The van der Waals surface area contributed by atoms with Gasteiger partial charge in [-0.25, -0.2) is 9.97 Å². The molecule has 9 heteroatoms. The number of aliphatic hydroxyl groups is 1. The lowest BCUT2D eigenvalue weighted by molar-refractivity contribution is 0.120. The van der Waals surface area contributed by atoms with Gasteiger partial charge in [-0.2, -0.15) is 0 Å². The monoisotopic (exact) mass is 422 g/mol. The minimum absolute atomic E-state index is 0.114. The van der Waals surface area contributed by atoms with E-state index < -0.39 is 12.3 Å². The van der Waals surface area contributed by atoms with Crippen LogP contribution < -0.4 is 16.6 Å². The van der Waals surface area contributed by atoms with Gasteiger partial charge in [-0.3, -0.25) is 19.7 Å². The predicted octanol–water partition coefficient (Wildman–Crippen LogP) is 2.75. The van der Waals surface area contributed by atoms with E-state index in [-0.39, 0.29) is 17.1 Å². The Labute approximate surface area is 177 Å². The number of aliphatic hydroxyl groups excluding tert-OH is 1. The van der Waals surface area contributed by atoms with E-state index in [4.69, 9.17) is 17.3 Å². The maximum atomic E-state index is 13.4. The second-order valence-electron chi connectivity index (χ2n) is 6.70. The molecule has 0 bridgehead atoms. The van der Waals surface area contributed by atoms with Crippen molar-refractivity contribution in [1.82, 2.24) is 24.8 Å². The first-order valence-corrected chi connectivity index (χ1v) is 9.62. The van der Waals surface area contributed by atoms with Gasteiger partial charge in [-0.1, -0.05) is 35.9 Å². The summed E-state index contributed by atoms with van der Waals surface area (Å²) in [5.41, 5.74) is 6.81. The maximum Gasteiger partial charge on any atom is 0.267 e. The van der Waals surface area contributed by atoms with Crippen molar-refractivity contribution in [3.63, 3.8) is 0 Å². The van der Waals surface area contributed by atoms with Crippen LogP contribution in [-0.2, 0) is 0 Å². The van der Waals surface area contributed by atoms with Gasteiger partial charge >= 0.3 is 0 Å². The van der Waals surface area contributed by atoms with E-state index in [1.807, 2.05) is 18.2 Å². The summed E-state index contributed by atoms with van der Waals surface area (Å²) >= 11 is 6.30. The SMILES string of the molecule is CC(NC(O)c1nccnc1N)c1nc2cccc(Cl)c2c(=O)n1-c1ccccc1. The topological polar surface area (TPSA) is 119 Å². The van der Waals surface area contributed by atoms with E-state index in [0.717, 1.165) is 0 Å². The maximum absolute atomic E-state index is 13.4. The summed E-state index contributed by atoms with van der Waals surface area (Å²) < 4.78 is 1.48. The van der Waals surface area contributed by atoms with Crippen LogP contribution in [0, 0.1) is 0 Å². The number of halogens is 1.